The summed E-state index contributed by atoms with van der Waals surface area (Å²) in [6, 6.07) is 5.34. The van der Waals surface area contributed by atoms with Crippen molar-refractivity contribution in [3.05, 3.63) is 64.7 Å². The Bertz CT molecular complexity index is 431. The zero-order valence-corrected chi connectivity index (χ0v) is 10.9. The Balaban J connectivity index is 2.81. The molecule has 0 saturated carbocycles. The summed E-state index contributed by atoms with van der Waals surface area (Å²) in [6.07, 6.45) is 7.45. The highest BCUT2D eigenvalue weighted by molar-refractivity contribution is 6.35. The summed E-state index contributed by atoms with van der Waals surface area (Å²) in [5.41, 5.74) is 1.71. The van der Waals surface area contributed by atoms with Gasteiger partial charge in [0.15, 0.2) is 0 Å². The third-order valence-corrected chi connectivity index (χ3v) is 2.64. The molecular weight excluding hydrogens is 263 g/mol. The SMILES string of the molecule is C=C(/C=C\C=C/CCl)c1ccc(Cl)cc1Cl. The topological polar surface area (TPSA) is 0 Å². The first-order valence-corrected chi connectivity index (χ1v) is 5.97. The molecule has 0 aliphatic heterocycles. The number of allylic oxidation sites excluding steroid dienone is 5. The highest BCUT2D eigenvalue weighted by Gasteiger charge is 2.01. The van der Waals surface area contributed by atoms with Crippen LogP contribution in [0.1, 0.15) is 5.56 Å². The van der Waals surface area contributed by atoms with E-state index in [1.807, 2.05) is 30.4 Å². The van der Waals surface area contributed by atoms with Gasteiger partial charge in [-0.3, -0.25) is 0 Å². The number of hydrogen-bond donors (Lipinski definition) is 0. The third-order valence-electron chi connectivity index (χ3n) is 1.91. The summed E-state index contributed by atoms with van der Waals surface area (Å²) >= 11 is 17.4. The van der Waals surface area contributed by atoms with Gasteiger partial charge in [-0.15, -0.1) is 11.6 Å². The predicted octanol–water partition coefficient (Wildman–Crippen LogP) is 5.36. The van der Waals surface area contributed by atoms with Gasteiger partial charge in [-0.1, -0.05) is 60.2 Å². The monoisotopic (exact) mass is 272 g/mol. The van der Waals surface area contributed by atoms with E-state index in [-0.39, 0.29) is 0 Å². The van der Waals surface area contributed by atoms with Crippen molar-refractivity contribution < 1.29 is 0 Å². The van der Waals surface area contributed by atoms with Crippen LogP contribution in [0.4, 0.5) is 0 Å². The van der Waals surface area contributed by atoms with E-state index in [1.165, 1.54) is 0 Å². The molecule has 1 rings (SSSR count). The first-order valence-electron chi connectivity index (χ1n) is 4.68. The van der Waals surface area contributed by atoms with Gasteiger partial charge in [0.1, 0.15) is 0 Å². The van der Waals surface area contributed by atoms with Crippen LogP contribution in [0.5, 0.6) is 0 Å². The Labute approximate surface area is 111 Å². The summed E-state index contributed by atoms with van der Waals surface area (Å²) in [6.45, 7) is 3.93. The third kappa shape index (κ3) is 4.05. The number of benzene rings is 1. The molecule has 0 aromatic heterocycles. The molecule has 0 amide bonds. The van der Waals surface area contributed by atoms with Gasteiger partial charge in [0, 0.05) is 15.9 Å². The van der Waals surface area contributed by atoms with E-state index in [9.17, 15) is 0 Å². The van der Waals surface area contributed by atoms with Crippen LogP contribution in [0.3, 0.4) is 0 Å². The van der Waals surface area contributed by atoms with Crippen LogP contribution in [0.2, 0.25) is 10.0 Å². The standard InChI is InChI=1S/C13H11Cl3/c1-10(5-3-2-4-8-14)12-7-6-11(15)9-13(12)16/h2-7,9H,1,8H2/b4-2-,5-3-. The highest BCUT2D eigenvalue weighted by atomic mass is 35.5. The van der Waals surface area contributed by atoms with Gasteiger partial charge in [-0.2, -0.15) is 0 Å². The molecule has 16 heavy (non-hydrogen) atoms. The molecule has 3 heteroatoms. The normalized spacial score (nSPS) is 11.4. The average Bonchev–Trinajstić information content (AvgIpc) is 2.24. The second kappa shape index (κ2) is 6.80. The number of rotatable bonds is 4. The zero-order chi connectivity index (χ0) is 12.0. The van der Waals surface area contributed by atoms with E-state index in [0.717, 1.165) is 11.1 Å². The fourth-order valence-corrected chi connectivity index (χ4v) is 1.77. The molecule has 0 aliphatic rings. The van der Waals surface area contributed by atoms with Gasteiger partial charge in [-0.05, 0) is 23.3 Å². The van der Waals surface area contributed by atoms with Gasteiger partial charge in [0.25, 0.3) is 0 Å². The molecule has 0 heterocycles. The van der Waals surface area contributed by atoms with Crippen molar-refractivity contribution >= 4 is 40.4 Å². The lowest BCUT2D eigenvalue weighted by molar-refractivity contribution is 1.62. The molecule has 0 spiro atoms. The molecule has 0 aliphatic carbocycles. The number of halogens is 3. The lowest BCUT2D eigenvalue weighted by atomic mass is 10.1. The van der Waals surface area contributed by atoms with Crippen LogP contribution < -0.4 is 0 Å². The zero-order valence-electron chi connectivity index (χ0n) is 8.59. The van der Waals surface area contributed by atoms with E-state index in [4.69, 9.17) is 34.8 Å². The first-order chi connectivity index (χ1) is 7.65. The van der Waals surface area contributed by atoms with Crippen molar-refractivity contribution in [2.45, 2.75) is 0 Å². The van der Waals surface area contributed by atoms with Crippen molar-refractivity contribution in [1.29, 1.82) is 0 Å². The Hall–Kier alpha value is -0.690. The van der Waals surface area contributed by atoms with Crippen LogP contribution in [0.15, 0.2) is 49.1 Å². The molecular formula is C13H11Cl3. The summed E-state index contributed by atoms with van der Waals surface area (Å²) < 4.78 is 0. The fourth-order valence-electron chi connectivity index (χ4n) is 1.14. The van der Waals surface area contributed by atoms with Crippen molar-refractivity contribution in [2.24, 2.45) is 0 Å². The maximum Gasteiger partial charge on any atom is 0.0498 e. The van der Waals surface area contributed by atoms with Crippen molar-refractivity contribution in [3.63, 3.8) is 0 Å². The molecule has 0 unspecified atom stereocenters. The van der Waals surface area contributed by atoms with Gasteiger partial charge in [0.2, 0.25) is 0 Å². The van der Waals surface area contributed by atoms with Crippen molar-refractivity contribution in [2.75, 3.05) is 5.88 Å². The van der Waals surface area contributed by atoms with E-state index in [1.54, 1.807) is 12.1 Å². The van der Waals surface area contributed by atoms with E-state index in [0.29, 0.717) is 15.9 Å². The molecule has 0 fully saturated rings. The van der Waals surface area contributed by atoms with Gasteiger partial charge in [0.05, 0.1) is 0 Å². The van der Waals surface area contributed by atoms with E-state index < -0.39 is 0 Å². The highest BCUT2D eigenvalue weighted by Crippen LogP contribution is 2.26. The first kappa shape index (κ1) is 13.4. The molecule has 0 nitrogen and oxygen atoms in total. The van der Waals surface area contributed by atoms with Crippen LogP contribution in [-0.4, -0.2) is 5.88 Å². The van der Waals surface area contributed by atoms with Gasteiger partial charge in [-0.25, -0.2) is 0 Å². The summed E-state index contributed by atoms with van der Waals surface area (Å²) in [7, 11) is 0. The van der Waals surface area contributed by atoms with Crippen LogP contribution in [0, 0.1) is 0 Å². The Kier molecular flexibility index (Phi) is 5.68. The second-order valence-electron chi connectivity index (χ2n) is 3.09. The molecule has 1 aromatic carbocycles. The Morgan fingerprint density at radius 2 is 2.00 bits per heavy atom. The molecule has 84 valence electrons. The second-order valence-corrected chi connectivity index (χ2v) is 4.24. The van der Waals surface area contributed by atoms with E-state index >= 15 is 0 Å². The maximum absolute atomic E-state index is 6.05. The molecule has 0 N–H and O–H groups in total. The van der Waals surface area contributed by atoms with Crippen LogP contribution in [-0.2, 0) is 0 Å². The summed E-state index contributed by atoms with van der Waals surface area (Å²) in [5.74, 6) is 0.499. The van der Waals surface area contributed by atoms with Gasteiger partial charge >= 0.3 is 0 Å². The summed E-state index contributed by atoms with van der Waals surface area (Å²) in [4.78, 5) is 0. The van der Waals surface area contributed by atoms with Crippen LogP contribution in [0.25, 0.3) is 5.57 Å². The largest absolute Gasteiger partial charge is 0.122 e. The quantitative estimate of drug-likeness (QED) is 0.512. The fraction of sp³-hybridized carbons (Fsp3) is 0.0769. The predicted molar refractivity (Wildman–Crippen MR) is 74.5 cm³/mol. The molecule has 0 radical (unpaired) electrons. The molecule has 1 aromatic rings. The smallest absolute Gasteiger partial charge is 0.0498 e. The Morgan fingerprint density at radius 3 is 2.62 bits per heavy atom. The number of alkyl halides is 1. The van der Waals surface area contributed by atoms with Gasteiger partial charge < -0.3 is 0 Å². The summed E-state index contributed by atoms with van der Waals surface area (Å²) in [5, 5.41) is 1.22. The molecule has 0 atom stereocenters. The molecule has 0 saturated heterocycles. The number of hydrogen-bond acceptors (Lipinski definition) is 0. The van der Waals surface area contributed by atoms with E-state index in [2.05, 4.69) is 6.58 Å². The minimum atomic E-state index is 0.499. The lowest BCUT2D eigenvalue weighted by Crippen LogP contribution is -1.81. The minimum Gasteiger partial charge on any atom is -0.122 e. The molecule has 0 bridgehead atoms. The van der Waals surface area contributed by atoms with Crippen molar-refractivity contribution in [3.8, 4) is 0 Å². The van der Waals surface area contributed by atoms with Crippen molar-refractivity contribution in [1.82, 2.24) is 0 Å². The van der Waals surface area contributed by atoms with Crippen LogP contribution >= 0.6 is 34.8 Å². The lowest BCUT2D eigenvalue weighted by Gasteiger charge is -2.03. The Morgan fingerprint density at radius 1 is 1.25 bits per heavy atom. The average molecular weight is 274 g/mol. The minimum absolute atomic E-state index is 0.499. The maximum atomic E-state index is 6.05.